The van der Waals surface area contributed by atoms with E-state index in [1.165, 1.54) is 11.8 Å². The van der Waals surface area contributed by atoms with Crippen molar-refractivity contribution in [3.8, 4) is 0 Å². The molecule has 0 radical (unpaired) electrons. The zero-order valence-electron chi connectivity index (χ0n) is 11.7. The Balaban J connectivity index is 2.08. The number of anilines is 2. The minimum Gasteiger partial charge on any atom is -0.369 e. The molecular formula is C15H18N4O. The van der Waals surface area contributed by atoms with Gasteiger partial charge in [0.05, 0.1) is 12.4 Å². The molecule has 2 aromatic rings. The largest absolute Gasteiger partial charge is 0.369 e. The van der Waals surface area contributed by atoms with E-state index in [1.54, 1.807) is 6.20 Å². The highest BCUT2D eigenvalue weighted by molar-refractivity contribution is 6.02. The Kier molecular flexibility index (Phi) is 4.65. The second kappa shape index (κ2) is 6.65. The third-order valence-corrected chi connectivity index (χ3v) is 2.85. The summed E-state index contributed by atoms with van der Waals surface area (Å²) in [5.41, 5.74) is 2.28. The first-order valence-electron chi connectivity index (χ1n) is 6.69. The first-order valence-corrected chi connectivity index (χ1v) is 6.69. The zero-order valence-corrected chi connectivity index (χ0v) is 11.7. The van der Waals surface area contributed by atoms with E-state index in [0.29, 0.717) is 11.5 Å². The number of rotatable bonds is 5. The van der Waals surface area contributed by atoms with Gasteiger partial charge in [-0.2, -0.15) is 0 Å². The Morgan fingerprint density at radius 2 is 1.90 bits per heavy atom. The van der Waals surface area contributed by atoms with Crippen molar-refractivity contribution < 1.29 is 4.79 Å². The van der Waals surface area contributed by atoms with Gasteiger partial charge in [-0.1, -0.05) is 19.1 Å². The Bertz CT molecular complexity index is 581. The quantitative estimate of drug-likeness (QED) is 0.876. The highest BCUT2D eigenvalue weighted by Gasteiger charge is 2.09. The van der Waals surface area contributed by atoms with Crippen LogP contribution in [0.1, 0.15) is 29.9 Å². The number of carbonyl (C=O) groups excluding carboxylic acids is 1. The fourth-order valence-electron chi connectivity index (χ4n) is 1.76. The molecule has 0 aliphatic rings. The van der Waals surface area contributed by atoms with Crippen molar-refractivity contribution in [2.75, 3.05) is 17.2 Å². The van der Waals surface area contributed by atoms with Gasteiger partial charge in [0.1, 0.15) is 11.5 Å². The van der Waals surface area contributed by atoms with Gasteiger partial charge in [-0.25, -0.2) is 4.98 Å². The topological polar surface area (TPSA) is 66.9 Å². The van der Waals surface area contributed by atoms with E-state index >= 15 is 0 Å². The third kappa shape index (κ3) is 3.54. The van der Waals surface area contributed by atoms with E-state index in [4.69, 9.17) is 0 Å². The lowest BCUT2D eigenvalue weighted by Crippen LogP contribution is -2.15. The number of carbonyl (C=O) groups is 1. The Morgan fingerprint density at radius 1 is 1.15 bits per heavy atom. The summed E-state index contributed by atoms with van der Waals surface area (Å²) in [5, 5.41) is 5.84. The molecule has 0 unspecified atom stereocenters. The van der Waals surface area contributed by atoms with Gasteiger partial charge in [-0.15, -0.1) is 0 Å². The van der Waals surface area contributed by atoms with Crippen LogP contribution in [0.25, 0.3) is 0 Å². The molecule has 0 spiro atoms. The van der Waals surface area contributed by atoms with Crippen LogP contribution < -0.4 is 10.6 Å². The van der Waals surface area contributed by atoms with Crippen molar-refractivity contribution in [3.63, 3.8) is 0 Å². The normalized spacial score (nSPS) is 10.1. The summed E-state index contributed by atoms with van der Waals surface area (Å²) >= 11 is 0. The lowest BCUT2D eigenvalue weighted by Gasteiger charge is -2.07. The number of aryl methyl sites for hydroxylation is 1. The van der Waals surface area contributed by atoms with Gasteiger partial charge in [0.2, 0.25) is 0 Å². The molecule has 2 rings (SSSR count). The molecular weight excluding hydrogens is 252 g/mol. The lowest BCUT2D eigenvalue weighted by molar-refractivity contribution is 0.102. The average Bonchev–Trinajstić information content (AvgIpc) is 2.48. The van der Waals surface area contributed by atoms with Crippen molar-refractivity contribution in [3.05, 3.63) is 47.9 Å². The lowest BCUT2D eigenvalue weighted by atomic mass is 10.1. The zero-order chi connectivity index (χ0) is 14.4. The second-order valence-electron chi connectivity index (χ2n) is 4.32. The van der Waals surface area contributed by atoms with E-state index in [-0.39, 0.29) is 5.91 Å². The van der Waals surface area contributed by atoms with Crippen molar-refractivity contribution in [1.82, 2.24) is 9.97 Å². The highest BCUT2D eigenvalue weighted by Crippen LogP contribution is 2.11. The van der Waals surface area contributed by atoms with Gasteiger partial charge in [-0.3, -0.25) is 9.78 Å². The molecule has 0 bridgehead atoms. The Labute approximate surface area is 118 Å². The Hall–Kier alpha value is -2.43. The first-order chi connectivity index (χ1) is 9.72. The summed E-state index contributed by atoms with van der Waals surface area (Å²) in [4.78, 5) is 20.3. The summed E-state index contributed by atoms with van der Waals surface area (Å²) in [6, 6.07) is 7.77. The maximum Gasteiger partial charge on any atom is 0.275 e. The number of hydrogen-bond donors (Lipinski definition) is 2. The summed E-state index contributed by atoms with van der Waals surface area (Å²) in [7, 11) is 0. The van der Waals surface area contributed by atoms with Gasteiger partial charge in [-0.05, 0) is 31.0 Å². The molecule has 1 amide bonds. The third-order valence-electron chi connectivity index (χ3n) is 2.85. The number of amides is 1. The number of nitrogens with zero attached hydrogens (tertiary/aromatic N) is 2. The van der Waals surface area contributed by atoms with Gasteiger partial charge in [0, 0.05) is 12.2 Å². The maximum absolute atomic E-state index is 12.1. The second-order valence-corrected chi connectivity index (χ2v) is 4.32. The fraction of sp³-hybridized carbons (Fsp3) is 0.267. The van der Waals surface area contributed by atoms with Crippen LogP contribution in [0.3, 0.4) is 0 Å². The van der Waals surface area contributed by atoms with Crippen molar-refractivity contribution in [2.24, 2.45) is 0 Å². The molecule has 0 saturated carbocycles. The van der Waals surface area contributed by atoms with Gasteiger partial charge >= 0.3 is 0 Å². The van der Waals surface area contributed by atoms with E-state index in [2.05, 4.69) is 27.5 Å². The van der Waals surface area contributed by atoms with E-state index in [1.807, 2.05) is 31.2 Å². The van der Waals surface area contributed by atoms with Crippen LogP contribution in [0.2, 0.25) is 0 Å². The van der Waals surface area contributed by atoms with E-state index in [9.17, 15) is 4.79 Å². The van der Waals surface area contributed by atoms with Crippen LogP contribution in [0.4, 0.5) is 11.5 Å². The summed E-state index contributed by atoms with van der Waals surface area (Å²) in [6.07, 6.45) is 4.03. The minimum absolute atomic E-state index is 0.262. The highest BCUT2D eigenvalue weighted by atomic mass is 16.1. The molecule has 20 heavy (non-hydrogen) atoms. The minimum atomic E-state index is -0.262. The van der Waals surface area contributed by atoms with Crippen molar-refractivity contribution >= 4 is 17.4 Å². The molecule has 5 nitrogen and oxygen atoms in total. The number of hydrogen-bond acceptors (Lipinski definition) is 4. The standard InChI is InChI=1S/C15H18N4O/c1-3-11-5-7-12(8-6-11)18-15(20)13-9-16-10-14(19-13)17-4-2/h5-10H,3-4H2,1-2H3,(H,17,19)(H,18,20). The number of nitrogens with one attached hydrogen (secondary N) is 2. The fourth-order valence-corrected chi connectivity index (χ4v) is 1.76. The predicted molar refractivity (Wildman–Crippen MR) is 80.0 cm³/mol. The molecule has 0 atom stereocenters. The SMILES string of the molecule is CCNc1cncc(C(=O)Nc2ccc(CC)cc2)n1. The molecule has 0 saturated heterocycles. The molecule has 1 aromatic heterocycles. The molecule has 104 valence electrons. The number of aromatic nitrogens is 2. The monoisotopic (exact) mass is 270 g/mol. The van der Waals surface area contributed by atoms with Crippen LogP contribution in [-0.2, 0) is 6.42 Å². The van der Waals surface area contributed by atoms with Crippen molar-refractivity contribution in [2.45, 2.75) is 20.3 Å². The van der Waals surface area contributed by atoms with Crippen molar-refractivity contribution in [1.29, 1.82) is 0 Å². The maximum atomic E-state index is 12.1. The first kappa shape index (κ1) is 14.0. The number of benzene rings is 1. The summed E-state index contributed by atoms with van der Waals surface area (Å²) in [6.45, 7) is 4.79. The van der Waals surface area contributed by atoms with Gasteiger partial charge in [0.15, 0.2) is 0 Å². The van der Waals surface area contributed by atoms with Crippen LogP contribution in [0, 0.1) is 0 Å². The molecule has 0 aliphatic heterocycles. The molecule has 2 N–H and O–H groups in total. The molecule has 5 heteroatoms. The molecule has 1 heterocycles. The van der Waals surface area contributed by atoms with Crippen LogP contribution in [-0.4, -0.2) is 22.4 Å². The summed E-state index contributed by atoms with van der Waals surface area (Å²) < 4.78 is 0. The van der Waals surface area contributed by atoms with Gasteiger partial charge in [0.25, 0.3) is 5.91 Å². The molecule has 1 aromatic carbocycles. The molecule has 0 aliphatic carbocycles. The van der Waals surface area contributed by atoms with Crippen LogP contribution in [0.15, 0.2) is 36.7 Å². The van der Waals surface area contributed by atoms with E-state index in [0.717, 1.165) is 18.7 Å². The predicted octanol–water partition coefficient (Wildman–Crippen LogP) is 2.72. The average molecular weight is 270 g/mol. The van der Waals surface area contributed by atoms with E-state index < -0.39 is 0 Å². The van der Waals surface area contributed by atoms with Gasteiger partial charge < -0.3 is 10.6 Å². The smallest absolute Gasteiger partial charge is 0.275 e. The molecule has 0 fully saturated rings. The van der Waals surface area contributed by atoms with Crippen LogP contribution >= 0.6 is 0 Å². The summed E-state index contributed by atoms with van der Waals surface area (Å²) in [5.74, 6) is 0.336. The van der Waals surface area contributed by atoms with Crippen LogP contribution in [0.5, 0.6) is 0 Å². The Morgan fingerprint density at radius 3 is 2.55 bits per heavy atom.